The van der Waals surface area contributed by atoms with Gasteiger partial charge in [0.05, 0.1) is 23.5 Å². The Kier molecular flexibility index (Phi) is 4.83. The van der Waals surface area contributed by atoms with E-state index in [4.69, 9.17) is 0 Å². The number of halogens is 3. The minimum absolute atomic E-state index is 0.0931. The van der Waals surface area contributed by atoms with E-state index in [0.29, 0.717) is 30.0 Å². The van der Waals surface area contributed by atoms with Crippen LogP contribution in [-0.4, -0.2) is 27.3 Å². The lowest BCUT2D eigenvalue weighted by Crippen LogP contribution is -2.38. The van der Waals surface area contributed by atoms with E-state index in [1.54, 1.807) is 6.20 Å². The highest BCUT2D eigenvalue weighted by Gasteiger charge is 2.31. The second-order valence-corrected chi connectivity index (χ2v) is 6.21. The minimum Gasteiger partial charge on any atom is -0.340 e. The van der Waals surface area contributed by atoms with E-state index < -0.39 is 11.7 Å². The van der Waals surface area contributed by atoms with Gasteiger partial charge in [-0.25, -0.2) is 4.98 Å². The molecule has 0 radical (unpaired) electrons. The van der Waals surface area contributed by atoms with E-state index in [9.17, 15) is 18.0 Å². The summed E-state index contributed by atoms with van der Waals surface area (Å²) >= 11 is 0. The van der Waals surface area contributed by atoms with Crippen molar-refractivity contribution < 1.29 is 18.0 Å². The Morgan fingerprint density at radius 2 is 2.00 bits per heavy atom. The smallest absolute Gasteiger partial charge is 0.340 e. The van der Waals surface area contributed by atoms with Crippen molar-refractivity contribution in [2.45, 2.75) is 44.8 Å². The van der Waals surface area contributed by atoms with E-state index in [1.165, 1.54) is 12.1 Å². The van der Waals surface area contributed by atoms with Gasteiger partial charge in [-0.1, -0.05) is 19.1 Å². The SMILES string of the molecule is CCC(=O)N1CCCCC1c1ncc(-c2ccc(C(F)(F)F)cc2)[nH]1. The number of piperidine rings is 1. The molecule has 0 spiro atoms. The van der Waals surface area contributed by atoms with Crippen LogP contribution in [0.25, 0.3) is 11.3 Å². The number of carbonyl (C=O) groups excluding carboxylic acids is 1. The van der Waals surface area contributed by atoms with Crippen LogP contribution in [0.2, 0.25) is 0 Å². The van der Waals surface area contributed by atoms with Crippen LogP contribution in [0.15, 0.2) is 30.5 Å². The number of alkyl halides is 3. The van der Waals surface area contributed by atoms with Crippen LogP contribution in [0.3, 0.4) is 0 Å². The zero-order chi connectivity index (χ0) is 18.0. The Balaban J connectivity index is 1.83. The molecule has 0 aliphatic carbocycles. The van der Waals surface area contributed by atoms with Gasteiger partial charge in [0.25, 0.3) is 0 Å². The first-order valence-electron chi connectivity index (χ1n) is 8.42. The molecular weight excluding hydrogens is 331 g/mol. The van der Waals surface area contributed by atoms with Crippen molar-refractivity contribution in [3.05, 3.63) is 41.9 Å². The quantitative estimate of drug-likeness (QED) is 0.881. The number of imidazole rings is 1. The zero-order valence-corrected chi connectivity index (χ0v) is 13.9. The number of hydrogen-bond donors (Lipinski definition) is 1. The summed E-state index contributed by atoms with van der Waals surface area (Å²) in [5, 5.41) is 0. The molecule has 1 atom stereocenters. The number of rotatable bonds is 3. The molecule has 0 saturated carbocycles. The average molecular weight is 351 g/mol. The Morgan fingerprint density at radius 3 is 2.64 bits per heavy atom. The molecule has 2 heterocycles. The lowest BCUT2D eigenvalue weighted by Gasteiger charge is -2.34. The van der Waals surface area contributed by atoms with Crippen molar-refractivity contribution in [3.8, 4) is 11.3 Å². The first-order chi connectivity index (χ1) is 11.9. The lowest BCUT2D eigenvalue weighted by atomic mass is 10.0. The predicted octanol–water partition coefficient (Wildman–Crippen LogP) is 4.56. The van der Waals surface area contributed by atoms with Gasteiger partial charge in [0, 0.05) is 13.0 Å². The molecule has 1 aromatic heterocycles. The summed E-state index contributed by atoms with van der Waals surface area (Å²) < 4.78 is 38.0. The third-order valence-corrected chi connectivity index (χ3v) is 4.56. The monoisotopic (exact) mass is 351 g/mol. The Hall–Kier alpha value is -2.31. The predicted molar refractivity (Wildman–Crippen MR) is 87.6 cm³/mol. The fourth-order valence-corrected chi connectivity index (χ4v) is 3.21. The number of aromatic amines is 1. The molecule has 3 rings (SSSR count). The fourth-order valence-electron chi connectivity index (χ4n) is 3.21. The van der Waals surface area contributed by atoms with Gasteiger partial charge in [-0.05, 0) is 37.0 Å². The van der Waals surface area contributed by atoms with Crippen LogP contribution in [-0.2, 0) is 11.0 Å². The van der Waals surface area contributed by atoms with Gasteiger partial charge in [-0.15, -0.1) is 0 Å². The number of amides is 1. The molecule has 1 amide bonds. The zero-order valence-electron chi connectivity index (χ0n) is 13.9. The van der Waals surface area contributed by atoms with Crippen molar-refractivity contribution in [3.63, 3.8) is 0 Å². The average Bonchev–Trinajstić information content (AvgIpc) is 3.10. The number of benzene rings is 1. The third-order valence-electron chi connectivity index (χ3n) is 4.56. The number of likely N-dealkylation sites (tertiary alicyclic amines) is 1. The Bertz CT molecular complexity index is 737. The maximum absolute atomic E-state index is 12.7. The fraction of sp³-hybridized carbons (Fsp3) is 0.444. The van der Waals surface area contributed by atoms with Crippen LogP contribution in [0.1, 0.15) is 50.0 Å². The molecule has 1 unspecified atom stereocenters. The number of nitrogens with zero attached hydrogens (tertiary/aromatic N) is 2. The molecule has 134 valence electrons. The largest absolute Gasteiger partial charge is 0.416 e. The molecule has 1 aliphatic rings. The molecule has 1 saturated heterocycles. The molecule has 4 nitrogen and oxygen atoms in total. The highest BCUT2D eigenvalue weighted by Crippen LogP contribution is 2.33. The van der Waals surface area contributed by atoms with Crippen molar-refractivity contribution in [1.82, 2.24) is 14.9 Å². The van der Waals surface area contributed by atoms with Gasteiger partial charge < -0.3 is 9.88 Å². The third kappa shape index (κ3) is 3.70. The van der Waals surface area contributed by atoms with E-state index >= 15 is 0 Å². The summed E-state index contributed by atoms with van der Waals surface area (Å²) in [6.07, 6.45) is 0.555. The van der Waals surface area contributed by atoms with Crippen LogP contribution in [0, 0.1) is 0 Å². The standard InChI is InChI=1S/C18H20F3N3O/c1-2-16(25)24-10-4-3-5-15(24)17-22-11-14(23-17)12-6-8-13(9-7-12)18(19,20)21/h6-9,11,15H,2-5,10H2,1H3,(H,22,23). The Labute approximate surface area is 144 Å². The lowest BCUT2D eigenvalue weighted by molar-refractivity contribution is -0.137. The molecule has 25 heavy (non-hydrogen) atoms. The maximum atomic E-state index is 12.7. The van der Waals surface area contributed by atoms with Crippen molar-refractivity contribution in [2.24, 2.45) is 0 Å². The summed E-state index contributed by atoms with van der Waals surface area (Å²) in [6.45, 7) is 2.55. The van der Waals surface area contributed by atoms with E-state index in [1.807, 2.05) is 11.8 Å². The number of aromatic nitrogens is 2. The second kappa shape index (κ2) is 6.90. The van der Waals surface area contributed by atoms with Gasteiger partial charge in [0.1, 0.15) is 5.82 Å². The van der Waals surface area contributed by atoms with E-state index in [2.05, 4.69) is 9.97 Å². The topological polar surface area (TPSA) is 49.0 Å². The van der Waals surface area contributed by atoms with Crippen LogP contribution < -0.4 is 0 Å². The summed E-state index contributed by atoms with van der Waals surface area (Å²) in [7, 11) is 0. The van der Waals surface area contributed by atoms with Gasteiger partial charge in [-0.2, -0.15) is 13.2 Å². The molecule has 1 aliphatic heterocycles. The normalized spacial score (nSPS) is 18.4. The van der Waals surface area contributed by atoms with Crippen molar-refractivity contribution in [2.75, 3.05) is 6.54 Å². The molecule has 1 aromatic carbocycles. The number of nitrogens with one attached hydrogen (secondary N) is 1. The van der Waals surface area contributed by atoms with E-state index in [-0.39, 0.29) is 11.9 Å². The van der Waals surface area contributed by atoms with E-state index in [0.717, 1.165) is 31.4 Å². The maximum Gasteiger partial charge on any atom is 0.416 e. The summed E-state index contributed by atoms with van der Waals surface area (Å²) in [5.41, 5.74) is 0.608. The van der Waals surface area contributed by atoms with Crippen LogP contribution >= 0.6 is 0 Å². The van der Waals surface area contributed by atoms with Crippen LogP contribution in [0.4, 0.5) is 13.2 Å². The summed E-state index contributed by atoms with van der Waals surface area (Å²) in [4.78, 5) is 21.5. The van der Waals surface area contributed by atoms with Gasteiger partial charge >= 0.3 is 6.18 Å². The molecule has 1 fully saturated rings. The first-order valence-corrected chi connectivity index (χ1v) is 8.42. The Morgan fingerprint density at radius 1 is 1.28 bits per heavy atom. The highest BCUT2D eigenvalue weighted by atomic mass is 19.4. The molecule has 0 bridgehead atoms. The number of H-pyrrole nitrogens is 1. The number of hydrogen-bond acceptors (Lipinski definition) is 2. The first kappa shape index (κ1) is 17.5. The van der Waals surface area contributed by atoms with Crippen molar-refractivity contribution >= 4 is 5.91 Å². The summed E-state index contributed by atoms with van der Waals surface area (Å²) in [5.74, 6) is 0.786. The minimum atomic E-state index is -4.35. The van der Waals surface area contributed by atoms with Gasteiger partial charge in [-0.3, -0.25) is 4.79 Å². The number of carbonyl (C=O) groups is 1. The summed E-state index contributed by atoms with van der Waals surface area (Å²) in [6, 6.07) is 4.88. The van der Waals surface area contributed by atoms with Crippen molar-refractivity contribution in [1.29, 1.82) is 0 Å². The molecule has 1 N–H and O–H groups in total. The molecule has 2 aromatic rings. The second-order valence-electron chi connectivity index (χ2n) is 6.21. The van der Waals surface area contributed by atoms with Gasteiger partial charge in [0.2, 0.25) is 5.91 Å². The molecule has 7 heteroatoms. The van der Waals surface area contributed by atoms with Crippen LogP contribution in [0.5, 0.6) is 0 Å². The molecular formula is C18H20F3N3O. The highest BCUT2D eigenvalue weighted by molar-refractivity contribution is 5.76. The van der Waals surface area contributed by atoms with Gasteiger partial charge in [0.15, 0.2) is 0 Å².